The summed E-state index contributed by atoms with van der Waals surface area (Å²) in [5.74, 6) is -0.272. The second-order valence-corrected chi connectivity index (χ2v) is 7.46. The predicted octanol–water partition coefficient (Wildman–Crippen LogP) is 3.47. The highest BCUT2D eigenvalue weighted by molar-refractivity contribution is 6.30. The Labute approximate surface area is 164 Å². The highest BCUT2D eigenvalue weighted by atomic mass is 35.5. The molecular formula is C21H25ClFN3O. The third kappa shape index (κ3) is 6.03. The van der Waals surface area contributed by atoms with Gasteiger partial charge in [-0.25, -0.2) is 4.39 Å². The molecule has 1 aliphatic heterocycles. The second-order valence-electron chi connectivity index (χ2n) is 7.02. The number of hydrogen-bond donors (Lipinski definition) is 1. The monoisotopic (exact) mass is 389 g/mol. The van der Waals surface area contributed by atoms with E-state index >= 15 is 0 Å². The summed E-state index contributed by atoms with van der Waals surface area (Å²) in [5.41, 5.74) is 2.15. The van der Waals surface area contributed by atoms with Gasteiger partial charge in [-0.05, 0) is 42.3 Å². The number of piperazine rings is 1. The molecule has 1 atom stereocenters. The molecule has 2 aromatic rings. The van der Waals surface area contributed by atoms with E-state index in [2.05, 4.69) is 27.2 Å². The predicted molar refractivity (Wildman–Crippen MR) is 106 cm³/mol. The number of nitrogens with zero attached hydrogens (tertiary/aromatic N) is 2. The van der Waals surface area contributed by atoms with Crippen molar-refractivity contribution in [2.24, 2.45) is 0 Å². The molecule has 0 spiro atoms. The van der Waals surface area contributed by atoms with E-state index in [1.807, 2.05) is 19.1 Å². The normalized spacial score (nSPS) is 16.9. The fourth-order valence-electron chi connectivity index (χ4n) is 3.28. The van der Waals surface area contributed by atoms with Gasteiger partial charge in [-0.3, -0.25) is 14.6 Å². The molecule has 1 heterocycles. The van der Waals surface area contributed by atoms with Crippen LogP contribution in [-0.4, -0.2) is 48.4 Å². The Morgan fingerprint density at radius 2 is 1.63 bits per heavy atom. The fourth-order valence-corrected chi connectivity index (χ4v) is 3.40. The lowest BCUT2D eigenvalue weighted by Crippen LogP contribution is -2.49. The molecule has 144 valence electrons. The summed E-state index contributed by atoms with van der Waals surface area (Å²) in [5, 5.41) is 3.74. The van der Waals surface area contributed by atoms with Crippen molar-refractivity contribution >= 4 is 17.5 Å². The molecule has 4 nitrogen and oxygen atoms in total. The van der Waals surface area contributed by atoms with Crippen LogP contribution in [0.25, 0.3) is 0 Å². The number of halogens is 2. The smallest absolute Gasteiger partial charge is 0.234 e. The molecule has 3 rings (SSSR count). The van der Waals surface area contributed by atoms with E-state index in [4.69, 9.17) is 11.6 Å². The van der Waals surface area contributed by atoms with Gasteiger partial charge in [-0.2, -0.15) is 0 Å². The zero-order valence-electron chi connectivity index (χ0n) is 15.5. The first kappa shape index (κ1) is 19.8. The fraction of sp³-hybridized carbons (Fsp3) is 0.381. The summed E-state index contributed by atoms with van der Waals surface area (Å²) in [7, 11) is 0. The maximum atomic E-state index is 13.0. The van der Waals surface area contributed by atoms with Crippen LogP contribution in [-0.2, 0) is 11.3 Å². The molecule has 27 heavy (non-hydrogen) atoms. The average Bonchev–Trinajstić information content (AvgIpc) is 2.65. The molecule has 6 heteroatoms. The topological polar surface area (TPSA) is 35.6 Å². The molecule has 1 fully saturated rings. The molecular weight excluding hydrogens is 365 g/mol. The number of rotatable bonds is 6. The second kappa shape index (κ2) is 9.31. The first-order valence-corrected chi connectivity index (χ1v) is 9.61. The zero-order valence-corrected chi connectivity index (χ0v) is 16.3. The SMILES string of the molecule is CC(NC(=O)CN1CCN(Cc2ccc(Cl)cc2)CC1)c1ccc(F)cc1. The largest absolute Gasteiger partial charge is 0.348 e. The van der Waals surface area contributed by atoms with Gasteiger partial charge in [0, 0.05) is 37.7 Å². The van der Waals surface area contributed by atoms with Crippen molar-refractivity contribution in [2.75, 3.05) is 32.7 Å². The zero-order chi connectivity index (χ0) is 19.2. The van der Waals surface area contributed by atoms with Crippen LogP contribution >= 0.6 is 11.6 Å². The van der Waals surface area contributed by atoms with Gasteiger partial charge in [0.25, 0.3) is 0 Å². The van der Waals surface area contributed by atoms with Gasteiger partial charge >= 0.3 is 0 Å². The van der Waals surface area contributed by atoms with Gasteiger partial charge < -0.3 is 5.32 Å². The first-order valence-electron chi connectivity index (χ1n) is 9.23. The van der Waals surface area contributed by atoms with E-state index in [1.54, 1.807) is 12.1 Å². The van der Waals surface area contributed by atoms with Crippen LogP contribution in [0.1, 0.15) is 24.1 Å². The number of benzene rings is 2. The van der Waals surface area contributed by atoms with Crippen molar-refractivity contribution in [3.63, 3.8) is 0 Å². The first-order chi connectivity index (χ1) is 13.0. The van der Waals surface area contributed by atoms with Crippen molar-refractivity contribution in [3.05, 3.63) is 70.5 Å². The third-order valence-corrected chi connectivity index (χ3v) is 5.15. The summed E-state index contributed by atoms with van der Waals surface area (Å²) in [4.78, 5) is 16.9. The Morgan fingerprint density at radius 3 is 2.26 bits per heavy atom. The molecule has 1 N–H and O–H groups in total. The van der Waals surface area contributed by atoms with Crippen LogP contribution in [0.2, 0.25) is 5.02 Å². The van der Waals surface area contributed by atoms with E-state index < -0.39 is 0 Å². The highest BCUT2D eigenvalue weighted by Gasteiger charge is 2.20. The van der Waals surface area contributed by atoms with Gasteiger partial charge in [-0.15, -0.1) is 0 Å². The minimum Gasteiger partial charge on any atom is -0.348 e. The summed E-state index contributed by atoms with van der Waals surface area (Å²) in [6.07, 6.45) is 0. The lowest BCUT2D eigenvalue weighted by Gasteiger charge is -2.34. The Bertz CT molecular complexity index is 743. The van der Waals surface area contributed by atoms with Crippen molar-refractivity contribution in [1.82, 2.24) is 15.1 Å². The molecule has 0 saturated carbocycles. The summed E-state index contributed by atoms with van der Waals surface area (Å²) >= 11 is 5.93. The number of nitrogens with one attached hydrogen (secondary N) is 1. The number of carbonyl (C=O) groups is 1. The molecule has 0 aromatic heterocycles. The van der Waals surface area contributed by atoms with Crippen LogP contribution in [0.5, 0.6) is 0 Å². The molecule has 0 bridgehead atoms. The minimum absolute atomic E-state index is 0.00187. The van der Waals surface area contributed by atoms with Gasteiger partial charge in [0.15, 0.2) is 0 Å². The molecule has 1 saturated heterocycles. The molecule has 2 aromatic carbocycles. The Kier molecular flexibility index (Phi) is 6.83. The summed E-state index contributed by atoms with van der Waals surface area (Å²) in [6.45, 7) is 6.80. The van der Waals surface area contributed by atoms with Crippen LogP contribution < -0.4 is 5.32 Å². The molecule has 0 aliphatic carbocycles. The molecule has 1 amide bonds. The van der Waals surface area contributed by atoms with Crippen LogP contribution in [0.4, 0.5) is 4.39 Å². The van der Waals surface area contributed by atoms with Crippen LogP contribution in [0, 0.1) is 5.82 Å². The lowest BCUT2D eigenvalue weighted by molar-refractivity contribution is -0.123. The van der Waals surface area contributed by atoms with Gasteiger partial charge in [0.1, 0.15) is 5.82 Å². The highest BCUT2D eigenvalue weighted by Crippen LogP contribution is 2.14. The van der Waals surface area contributed by atoms with E-state index in [0.29, 0.717) is 6.54 Å². The Balaban J connectivity index is 1.41. The summed E-state index contributed by atoms with van der Waals surface area (Å²) in [6, 6.07) is 14.0. The van der Waals surface area contributed by atoms with Crippen molar-refractivity contribution in [2.45, 2.75) is 19.5 Å². The van der Waals surface area contributed by atoms with Crippen LogP contribution in [0.15, 0.2) is 48.5 Å². The molecule has 1 aliphatic rings. The van der Waals surface area contributed by atoms with E-state index in [1.165, 1.54) is 17.7 Å². The number of amides is 1. The quantitative estimate of drug-likeness (QED) is 0.821. The maximum Gasteiger partial charge on any atom is 0.234 e. The van der Waals surface area contributed by atoms with E-state index in [0.717, 1.165) is 43.3 Å². The van der Waals surface area contributed by atoms with Gasteiger partial charge in [0.05, 0.1) is 12.6 Å². The maximum absolute atomic E-state index is 13.0. The Hall–Kier alpha value is -1.95. The molecule has 0 radical (unpaired) electrons. The minimum atomic E-state index is -0.270. The lowest BCUT2D eigenvalue weighted by atomic mass is 10.1. The van der Waals surface area contributed by atoms with Crippen molar-refractivity contribution in [3.8, 4) is 0 Å². The van der Waals surface area contributed by atoms with Gasteiger partial charge in [0.2, 0.25) is 5.91 Å². The Morgan fingerprint density at radius 1 is 1.04 bits per heavy atom. The van der Waals surface area contributed by atoms with Crippen molar-refractivity contribution in [1.29, 1.82) is 0 Å². The van der Waals surface area contributed by atoms with E-state index in [-0.39, 0.29) is 17.8 Å². The average molecular weight is 390 g/mol. The standard InChI is InChI=1S/C21H25ClFN3O/c1-16(18-4-8-20(23)9-5-18)24-21(27)15-26-12-10-25(11-13-26)14-17-2-6-19(22)7-3-17/h2-9,16H,10-15H2,1H3,(H,24,27). The third-order valence-electron chi connectivity index (χ3n) is 4.90. The van der Waals surface area contributed by atoms with E-state index in [9.17, 15) is 9.18 Å². The molecule has 1 unspecified atom stereocenters. The van der Waals surface area contributed by atoms with Gasteiger partial charge in [-0.1, -0.05) is 35.9 Å². The number of hydrogen-bond acceptors (Lipinski definition) is 3. The van der Waals surface area contributed by atoms with Crippen LogP contribution in [0.3, 0.4) is 0 Å². The number of carbonyl (C=O) groups excluding carboxylic acids is 1. The van der Waals surface area contributed by atoms with Crippen molar-refractivity contribution < 1.29 is 9.18 Å². The summed E-state index contributed by atoms with van der Waals surface area (Å²) < 4.78 is 13.0.